The van der Waals surface area contributed by atoms with Gasteiger partial charge in [0.2, 0.25) is 5.91 Å². The van der Waals surface area contributed by atoms with Crippen molar-refractivity contribution in [2.45, 2.75) is 24.8 Å². The van der Waals surface area contributed by atoms with Crippen molar-refractivity contribution in [3.63, 3.8) is 0 Å². The molecule has 0 atom stereocenters. The fourth-order valence-corrected chi connectivity index (χ4v) is 6.19. The lowest BCUT2D eigenvalue weighted by atomic mass is 9.85. The summed E-state index contributed by atoms with van der Waals surface area (Å²) in [4.78, 5) is 45.4. The zero-order valence-electron chi connectivity index (χ0n) is 21.8. The smallest absolute Gasteiger partial charge is 0.253 e. The number of piperidine rings is 1. The normalized spacial score (nSPS) is 16.5. The number of halogens is 3. The summed E-state index contributed by atoms with van der Waals surface area (Å²) in [6.45, 7) is 1.46. The molecule has 3 amide bonds. The average molecular weight is 600 g/mol. The van der Waals surface area contributed by atoms with Crippen LogP contribution in [0.5, 0.6) is 0 Å². The number of carbonyl (C=O) groups excluding carboxylic acids is 3. The van der Waals surface area contributed by atoms with Gasteiger partial charge in [-0.25, -0.2) is 0 Å². The molecule has 1 spiro atoms. The van der Waals surface area contributed by atoms with Crippen LogP contribution < -0.4 is 10.2 Å². The third-order valence-corrected chi connectivity index (χ3v) is 8.42. The minimum atomic E-state index is -0.830. The van der Waals surface area contributed by atoms with Gasteiger partial charge in [0.15, 0.2) is 0 Å². The van der Waals surface area contributed by atoms with Gasteiger partial charge in [0, 0.05) is 46.0 Å². The van der Waals surface area contributed by atoms with Gasteiger partial charge in [-0.3, -0.25) is 14.4 Å². The summed E-state index contributed by atoms with van der Waals surface area (Å²) in [5, 5.41) is 4.52. The highest BCUT2D eigenvalue weighted by atomic mass is 35.5. The first-order valence-electron chi connectivity index (χ1n) is 13.1. The molecule has 10 heteroatoms. The summed E-state index contributed by atoms with van der Waals surface area (Å²) in [6, 6.07) is 21.9. The van der Waals surface area contributed by atoms with E-state index in [-0.39, 0.29) is 24.3 Å². The van der Waals surface area contributed by atoms with Crippen molar-refractivity contribution in [3.05, 3.63) is 99.0 Å². The molecule has 5 rings (SSSR count). The molecule has 0 aliphatic carbocycles. The van der Waals surface area contributed by atoms with E-state index < -0.39 is 5.54 Å². The number of carbonyl (C=O) groups is 3. The number of likely N-dealkylation sites (tertiary alicyclic amines) is 1. The number of benzene rings is 3. The Bertz CT molecular complexity index is 1410. The van der Waals surface area contributed by atoms with Gasteiger partial charge in [-0.05, 0) is 67.3 Å². The maximum absolute atomic E-state index is 13.9. The lowest BCUT2D eigenvalue weighted by molar-refractivity contribution is -0.137. The Labute approximate surface area is 248 Å². The highest BCUT2D eigenvalue weighted by molar-refractivity contribution is 6.35. The third kappa shape index (κ3) is 5.92. The Kier molecular flexibility index (Phi) is 8.54. The number of para-hydroxylation sites is 1. The predicted molar refractivity (Wildman–Crippen MR) is 158 cm³/mol. The molecule has 3 aromatic rings. The maximum atomic E-state index is 13.9. The highest BCUT2D eigenvalue weighted by Gasteiger charge is 2.54. The van der Waals surface area contributed by atoms with Crippen molar-refractivity contribution in [2.75, 3.05) is 37.7 Å². The first-order chi connectivity index (χ1) is 19.3. The number of hydrogen-bond donors (Lipinski definition) is 1. The Hall–Kier alpha value is -3.26. The van der Waals surface area contributed by atoms with Crippen LogP contribution in [0.4, 0.5) is 5.69 Å². The number of anilines is 1. The fraction of sp³-hybridized carbons (Fsp3) is 0.300. The molecule has 0 aromatic heterocycles. The van der Waals surface area contributed by atoms with Crippen LogP contribution in [0.15, 0.2) is 72.8 Å². The van der Waals surface area contributed by atoms with Gasteiger partial charge < -0.3 is 20.0 Å². The van der Waals surface area contributed by atoms with Crippen LogP contribution in [-0.4, -0.2) is 65.9 Å². The van der Waals surface area contributed by atoms with E-state index in [1.165, 1.54) is 0 Å². The second-order valence-corrected chi connectivity index (χ2v) is 11.4. The Balaban J connectivity index is 1.26. The summed E-state index contributed by atoms with van der Waals surface area (Å²) in [7, 11) is 0. The first-order valence-corrected chi connectivity index (χ1v) is 14.3. The van der Waals surface area contributed by atoms with E-state index in [1.54, 1.807) is 46.2 Å². The fourth-order valence-electron chi connectivity index (χ4n) is 5.50. The van der Waals surface area contributed by atoms with Crippen molar-refractivity contribution in [1.82, 2.24) is 15.1 Å². The maximum Gasteiger partial charge on any atom is 0.253 e. The highest BCUT2D eigenvalue weighted by Crippen LogP contribution is 2.39. The minimum absolute atomic E-state index is 0.0522. The molecule has 208 valence electrons. The van der Waals surface area contributed by atoms with Crippen molar-refractivity contribution in [1.29, 1.82) is 0 Å². The Morgan fingerprint density at radius 3 is 2.30 bits per heavy atom. The molecule has 0 bridgehead atoms. The molecule has 2 heterocycles. The number of amides is 3. The van der Waals surface area contributed by atoms with E-state index in [0.29, 0.717) is 66.2 Å². The number of hydrogen-bond acceptors (Lipinski definition) is 4. The van der Waals surface area contributed by atoms with E-state index in [1.807, 2.05) is 36.4 Å². The van der Waals surface area contributed by atoms with Crippen molar-refractivity contribution in [3.8, 4) is 0 Å². The lowest BCUT2D eigenvalue weighted by Gasteiger charge is -2.43. The van der Waals surface area contributed by atoms with Crippen LogP contribution in [0.1, 0.15) is 28.8 Å². The number of nitrogens with one attached hydrogen (secondary N) is 1. The van der Waals surface area contributed by atoms with E-state index in [9.17, 15) is 14.4 Å². The molecule has 2 aliphatic heterocycles. The lowest BCUT2D eigenvalue weighted by Crippen LogP contribution is -2.57. The zero-order chi connectivity index (χ0) is 28.3. The summed E-state index contributed by atoms with van der Waals surface area (Å²) in [6.07, 6.45) is 1.46. The molecule has 0 saturated carbocycles. The van der Waals surface area contributed by atoms with Crippen LogP contribution in [0, 0.1) is 0 Å². The zero-order valence-corrected chi connectivity index (χ0v) is 24.1. The molecule has 3 aromatic carbocycles. The standard InChI is InChI=1S/C30H29Cl3N4O3/c31-23-6-4-5-22(17-23)28(39)35-15-12-30(13-16-35)29(40)36(20-37(30)25-7-2-1-3-8-25)19-27(38)34-14-11-21-9-10-24(32)18-26(21)33/h1-10,17-18H,11-16,19-20H2,(H,34,38). The summed E-state index contributed by atoms with van der Waals surface area (Å²) in [5.41, 5.74) is 1.49. The molecule has 7 nitrogen and oxygen atoms in total. The summed E-state index contributed by atoms with van der Waals surface area (Å²) in [5.74, 6) is -0.440. The van der Waals surface area contributed by atoms with Crippen LogP contribution in [0.25, 0.3) is 0 Å². The Morgan fingerprint density at radius 2 is 1.60 bits per heavy atom. The van der Waals surface area contributed by atoms with Gasteiger partial charge in [0.25, 0.3) is 11.8 Å². The average Bonchev–Trinajstić information content (AvgIpc) is 3.21. The van der Waals surface area contributed by atoms with E-state index in [2.05, 4.69) is 10.2 Å². The molecule has 2 saturated heterocycles. The van der Waals surface area contributed by atoms with Gasteiger partial charge in [-0.1, -0.05) is 65.1 Å². The van der Waals surface area contributed by atoms with Crippen LogP contribution in [0.3, 0.4) is 0 Å². The van der Waals surface area contributed by atoms with Gasteiger partial charge >= 0.3 is 0 Å². The van der Waals surface area contributed by atoms with Gasteiger partial charge in [-0.2, -0.15) is 0 Å². The first kappa shape index (κ1) is 28.3. The van der Waals surface area contributed by atoms with Crippen molar-refractivity contribution in [2.24, 2.45) is 0 Å². The van der Waals surface area contributed by atoms with E-state index in [4.69, 9.17) is 34.8 Å². The molecule has 2 fully saturated rings. The molecular formula is C30H29Cl3N4O3. The van der Waals surface area contributed by atoms with Gasteiger partial charge in [0.05, 0.1) is 6.67 Å². The molecule has 0 unspecified atom stereocenters. The largest absolute Gasteiger partial charge is 0.354 e. The molecule has 0 radical (unpaired) electrons. The quantitative estimate of drug-likeness (QED) is 0.401. The van der Waals surface area contributed by atoms with Crippen LogP contribution >= 0.6 is 34.8 Å². The van der Waals surface area contributed by atoms with Crippen molar-refractivity contribution >= 4 is 58.2 Å². The van der Waals surface area contributed by atoms with Crippen molar-refractivity contribution < 1.29 is 14.4 Å². The topological polar surface area (TPSA) is 73.0 Å². The number of rotatable bonds is 7. The third-order valence-electron chi connectivity index (χ3n) is 7.60. The number of nitrogens with zero attached hydrogens (tertiary/aromatic N) is 3. The van der Waals surface area contributed by atoms with Crippen LogP contribution in [-0.2, 0) is 16.0 Å². The summed E-state index contributed by atoms with van der Waals surface area (Å²) >= 11 is 18.3. The van der Waals surface area contributed by atoms with Gasteiger partial charge in [0.1, 0.15) is 12.1 Å². The summed E-state index contributed by atoms with van der Waals surface area (Å²) < 4.78 is 0. The van der Waals surface area contributed by atoms with Gasteiger partial charge in [-0.15, -0.1) is 0 Å². The monoisotopic (exact) mass is 598 g/mol. The second-order valence-electron chi connectivity index (χ2n) is 10.1. The molecule has 40 heavy (non-hydrogen) atoms. The van der Waals surface area contributed by atoms with Crippen LogP contribution in [0.2, 0.25) is 15.1 Å². The van der Waals surface area contributed by atoms with E-state index in [0.717, 1.165) is 11.3 Å². The molecule has 2 aliphatic rings. The predicted octanol–water partition coefficient (Wildman–Crippen LogP) is 5.29. The minimum Gasteiger partial charge on any atom is -0.354 e. The second kappa shape index (κ2) is 12.1. The SMILES string of the molecule is O=C(CN1CN(c2ccccc2)C2(CCN(C(=O)c3cccc(Cl)c3)CC2)C1=O)NCCc1ccc(Cl)cc1Cl. The van der Waals surface area contributed by atoms with E-state index >= 15 is 0 Å². The Morgan fingerprint density at radius 1 is 0.875 bits per heavy atom. The molecule has 1 N–H and O–H groups in total. The molecular weight excluding hydrogens is 571 g/mol.